The zero-order valence-corrected chi connectivity index (χ0v) is 16.1. The smallest absolute Gasteiger partial charge is 0.193 e. The van der Waals surface area contributed by atoms with Crippen LogP contribution in [0.1, 0.15) is 47.0 Å². The van der Waals surface area contributed by atoms with Gasteiger partial charge in [0.05, 0.1) is 12.6 Å². The van der Waals surface area contributed by atoms with Crippen molar-refractivity contribution in [2.45, 2.75) is 59.1 Å². The van der Waals surface area contributed by atoms with Gasteiger partial charge in [-0.2, -0.15) is 0 Å². The van der Waals surface area contributed by atoms with Gasteiger partial charge in [0.2, 0.25) is 0 Å². The van der Waals surface area contributed by atoms with Crippen LogP contribution >= 0.6 is 0 Å². The highest BCUT2D eigenvalue weighted by Gasteiger charge is 2.22. The third-order valence-corrected chi connectivity index (χ3v) is 4.40. The summed E-state index contributed by atoms with van der Waals surface area (Å²) in [5, 5.41) is 3.46. The van der Waals surface area contributed by atoms with E-state index >= 15 is 0 Å². The first-order valence-electron chi connectivity index (χ1n) is 9.29. The first kappa shape index (κ1) is 20.2. The lowest BCUT2D eigenvalue weighted by Gasteiger charge is -2.34. The summed E-state index contributed by atoms with van der Waals surface area (Å²) in [4.78, 5) is 9.62. The SMILES string of the molecule is CCNC(=NCC(CC(C)C)N(C)C)N1CCC(OCC)CC1. The number of guanidine groups is 1. The first-order valence-corrected chi connectivity index (χ1v) is 9.29. The average Bonchev–Trinajstić information content (AvgIpc) is 2.50. The Morgan fingerprint density at radius 3 is 2.39 bits per heavy atom. The summed E-state index contributed by atoms with van der Waals surface area (Å²) in [5.41, 5.74) is 0. The highest BCUT2D eigenvalue weighted by atomic mass is 16.5. The second kappa shape index (κ2) is 10.9. The summed E-state index contributed by atoms with van der Waals surface area (Å²) >= 11 is 0. The molecular formula is C18H38N4O. The molecule has 0 aliphatic carbocycles. The molecule has 0 spiro atoms. The van der Waals surface area contributed by atoms with Crippen LogP contribution in [-0.4, -0.2) is 74.8 Å². The third kappa shape index (κ3) is 7.53. The normalized spacial score (nSPS) is 18.8. The molecule has 1 rings (SSSR count). The molecule has 0 bridgehead atoms. The fourth-order valence-corrected chi connectivity index (χ4v) is 3.08. The summed E-state index contributed by atoms with van der Waals surface area (Å²) in [5.74, 6) is 1.76. The minimum Gasteiger partial charge on any atom is -0.378 e. The molecule has 0 radical (unpaired) electrons. The second-order valence-electron chi connectivity index (χ2n) is 7.08. The molecule has 136 valence electrons. The standard InChI is InChI=1S/C18H38N4O/c1-7-19-18(20-14-16(21(5)6)13-15(3)4)22-11-9-17(10-12-22)23-8-2/h15-17H,7-14H2,1-6H3,(H,19,20). The van der Waals surface area contributed by atoms with Crippen LogP contribution in [0.3, 0.4) is 0 Å². The number of rotatable bonds is 8. The fourth-order valence-electron chi connectivity index (χ4n) is 3.08. The van der Waals surface area contributed by atoms with Crippen molar-refractivity contribution in [2.24, 2.45) is 10.9 Å². The van der Waals surface area contributed by atoms with Crippen molar-refractivity contribution in [1.29, 1.82) is 0 Å². The van der Waals surface area contributed by atoms with Gasteiger partial charge in [0.15, 0.2) is 5.96 Å². The van der Waals surface area contributed by atoms with E-state index in [0.29, 0.717) is 18.1 Å². The maximum Gasteiger partial charge on any atom is 0.193 e. The van der Waals surface area contributed by atoms with Crippen LogP contribution in [0.4, 0.5) is 0 Å². The zero-order valence-electron chi connectivity index (χ0n) is 16.1. The number of piperidine rings is 1. The molecule has 0 aromatic heterocycles. The van der Waals surface area contributed by atoms with Gasteiger partial charge in [0, 0.05) is 32.3 Å². The van der Waals surface area contributed by atoms with Crippen molar-refractivity contribution in [2.75, 3.05) is 46.9 Å². The van der Waals surface area contributed by atoms with Gasteiger partial charge < -0.3 is 19.9 Å². The van der Waals surface area contributed by atoms with Crippen molar-refractivity contribution in [3.05, 3.63) is 0 Å². The Morgan fingerprint density at radius 2 is 1.91 bits per heavy atom. The third-order valence-electron chi connectivity index (χ3n) is 4.40. The summed E-state index contributed by atoms with van der Waals surface area (Å²) in [6, 6.07) is 0.504. The Hall–Kier alpha value is -0.810. The van der Waals surface area contributed by atoms with Crippen LogP contribution in [0, 0.1) is 5.92 Å². The van der Waals surface area contributed by atoms with E-state index in [-0.39, 0.29) is 0 Å². The largest absolute Gasteiger partial charge is 0.378 e. The number of aliphatic imine (C=N–C) groups is 1. The Kier molecular flexibility index (Phi) is 9.56. The number of hydrogen-bond acceptors (Lipinski definition) is 3. The van der Waals surface area contributed by atoms with E-state index in [1.54, 1.807) is 0 Å². The molecule has 0 aromatic rings. The van der Waals surface area contributed by atoms with Gasteiger partial charge in [-0.3, -0.25) is 4.99 Å². The van der Waals surface area contributed by atoms with E-state index in [2.05, 4.69) is 56.9 Å². The molecule has 1 atom stereocenters. The predicted molar refractivity (Wildman–Crippen MR) is 99.1 cm³/mol. The molecule has 0 aromatic carbocycles. The van der Waals surface area contributed by atoms with Crippen LogP contribution in [0.2, 0.25) is 0 Å². The maximum atomic E-state index is 5.75. The first-order chi connectivity index (χ1) is 11.0. The molecule has 1 unspecified atom stereocenters. The molecule has 1 N–H and O–H groups in total. The molecule has 5 nitrogen and oxygen atoms in total. The lowest BCUT2D eigenvalue weighted by molar-refractivity contribution is 0.0263. The number of likely N-dealkylation sites (tertiary alicyclic amines) is 1. The fraction of sp³-hybridized carbons (Fsp3) is 0.944. The van der Waals surface area contributed by atoms with E-state index in [0.717, 1.165) is 51.6 Å². The molecule has 0 saturated carbocycles. The van der Waals surface area contributed by atoms with Crippen molar-refractivity contribution in [1.82, 2.24) is 15.1 Å². The Balaban J connectivity index is 2.62. The van der Waals surface area contributed by atoms with Crippen molar-refractivity contribution in [3.63, 3.8) is 0 Å². The topological polar surface area (TPSA) is 40.1 Å². The van der Waals surface area contributed by atoms with Crippen LogP contribution in [0.15, 0.2) is 4.99 Å². The number of nitrogens with one attached hydrogen (secondary N) is 1. The van der Waals surface area contributed by atoms with Gasteiger partial charge >= 0.3 is 0 Å². The second-order valence-corrected chi connectivity index (χ2v) is 7.08. The van der Waals surface area contributed by atoms with Gasteiger partial charge in [-0.25, -0.2) is 0 Å². The van der Waals surface area contributed by atoms with Crippen LogP contribution in [0.5, 0.6) is 0 Å². The van der Waals surface area contributed by atoms with Gasteiger partial charge in [0.25, 0.3) is 0 Å². The van der Waals surface area contributed by atoms with E-state index in [1.807, 2.05) is 0 Å². The van der Waals surface area contributed by atoms with Crippen LogP contribution in [-0.2, 0) is 4.74 Å². The average molecular weight is 327 g/mol. The molecule has 0 amide bonds. The van der Waals surface area contributed by atoms with Crippen LogP contribution in [0.25, 0.3) is 0 Å². The summed E-state index contributed by atoms with van der Waals surface area (Å²) in [6.45, 7) is 13.4. The summed E-state index contributed by atoms with van der Waals surface area (Å²) < 4.78 is 5.75. The Morgan fingerprint density at radius 1 is 1.26 bits per heavy atom. The summed E-state index contributed by atoms with van der Waals surface area (Å²) in [6.07, 6.45) is 3.81. The maximum absolute atomic E-state index is 5.75. The molecule has 1 fully saturated rings. The lowest BCUT2D eigenvalue weighted by atomic mass is 10.0. The molecule has 1 aliphatic rings. The predicted octanol–water partition coefficient (Wildman–Crippen LogP) is 2.43. The Bertz CT molecular complexity index is 336. The minimum atomic E-state index is 0.426. The minimum absolute atomic E-state index is 0.426. The molecule has 1 heterocycles. The zero-order chi connectivity index (χ0) is 17.2. The van der Waals surface area contributed by atoms with E-state index < -0.39 is 0 Å². The monoisotopic (exact) mass is 326 g/mol. The van der Waals surface area contributed by atoms with Gasteiger partial charge in [-0.15, -0.1) is 0 Å². The van der Waals surface area contributed by atoms with Crippen molar-refractivity contribution in [3.8, 4) is 0 Å². The molecule has 5 heteroatoms. The number of hydrogen-bond donors (Lipinski definition) is 1. The van der Waals surface area contributed by atoms with E-state index in [4.69, 9.17) is 9.73 Å². The molecular weight excluding hydrogens is 288 g/mol. The van der Waals surface area contributed by atoms with Gasteiger partial charge in [-0.1, -0.05) is 13.8 Å². The molecule has 23 heavy (non-hydrogen) atoms. The number of ether oxygens (including phenoxy) is 1. The number of likely N-dealkylation sites (N-methyl/N-ethyl adjacent to an activating group) is 1. The van der Waals surface area contributed by atoms with Crippen molar-refractivity contribution < 1.29 is 4.74 Å². The quantitative estimate of drug-likeness (QED) is 0.549. The highest BCUT2D eigenvalue weighted by molar-refractivity contribution is 5.80. The molecule has 1 saturated heterocycles. The highest BCUT2D eigenvalue weighted by Crippen LogP contribution is 2.14. The van der Waals surface area contributed by atoms with E-state index in [1.165, 1.54) is 6.42 Å². The molecule has 1 aliphatic heterocycles. The van der Waals surface area contributed by atoms with Gasteiger partial charge in [-0.05, 0) is 53.1 Å². The Labute approximate surface area is 143 Å². The van der Waals surface area contributed by atoms with E-state index in [9.17, 15) is 0 Å². The van der Waals surface area contributed by atoms with Gasteiger partial charge in [0.1, 0.15) is 0 Å². The van der Waals surface area contributed by atoms with Crippen LogP contribution < -0.4 is 5.32 Å². The lowest BCUT2D eigenvalue weighted by Crippen LogP contribution is -2.47. The summed E-state index contributed by atoms with van der Waals surface area (Å²) in [7, 11) is 4.31. The van der Waals surface area contributed by atoms with Crippen molar-refractivity contribution >= 4 is 5.96 Å². The number of nitrogens with zero attached hydrogens (tertiary/aromatic N) is 3.